The zero-order valence-electron chi connectivity index (χ0n) is 20.4. The highest BCUT2D eigenvalue weighted by molar-refractivity contribution is 5.92. The third kappa shape index (κ3) is 8.03. The van der Waals surface area contributed by atoms with E-state index in [1.165, 1.54) is 0 Å². The summed E-state index contributed by atoms with van der Waals surface area (Å²) in [4.78, 5) is 41.5. The molecule has 33 heavy (non-hydrogen) atoms. The minimum atomic E-state index is -0.552. The number of nitrogens with zero attached hydrogens (tertiary/aromatic N) is 2. The number of rotatable bonds is 5. The number of amides is 3. The van der Waals surface area contributed by atoms with Crippen LogP contribution in [-0.2, 0) is 14.3 Å². The molecule has 0 spiro atoms. The van der Waals surface area contributed by atoms with Gasteiger partial charge in [0, 0.05) is 31.4 Å². The first-order valence-corrected chi connectivity index (χ1v) is 12.0. The van der Waals surface area contributed by atoms with Gasteiger partial charge in [0.2, 0.25) is 11.8 Å². The van der Waals surface area contributed by atoms with Crippen LogP contribution < -0.4 is 10.6 Å². The summed E-state index contributed by atoms with van der Waals surface area (Å²) >= 11 is 0. The summed E-state index contributed by atoms with van der Waals surface area (Å²) in [5, 5.41) is 6.10. The van der Waals surface area contributed by atoms with E-state index in [9.17, 15) is 14.4 Å². The zero-order valence-corrected chi connectivity index (χ0v) is 20.4. The lowest BCUT2D eigenvalue weighted by Gasteiger charge is -2.36. The summed E-state index contributed by atoms with van der Waals surface area (Å²) in [5.74, 6) is -0.295. The summed E-state index contributed by atoms with van der Waals surface area (Å²) in [6.45, 7) is 10.3. The third-order valence-electron chi connectivity index (χ3n) is 6.00. The molecule has 2 N–H and O–H groups in total. The Morgan fingerprint density at radius 3 is 2.42 bits per heavy atom. The van der Waals surface area contributed by atoms with Gasteiger partial charge < -0.3 is 20.3 Å². The van der Waals surface area contributed by atoms with E-state index in [4.69, 9.17) is 4.74 Å². The van der Waals surface area contributed by atoms with Gasteiger partial charge in [0.1, 0.15) is 5.60 Å². The van der Waals surface area contributed by atoms with Crippen LogP contribution in [0.25, 0.3) is 0 Å². The van der Waals surface area contributed by atoms with Crippen LogP contribution in [0.2, 0.25) is 0 Å². The van der Waals surface area contributed by atoms with Crippen molar-refractivity contribution in [3.63, 3.8) is 0 Å². The molecule has 3 rings (SSSR count). The monoisotopic (exact) mass is 458 g/mol. The van der Waals surface area contributed by atoms with Crippen molar-refractivity contribution in [3.05, 3.63) is 29.8 Å². The zero-order chi connectivity index (χ0) is 24.0. The van der Waals surface area contributed by atoms with Crippen LogP contribution in [0.5, 0.6) is 0 Å². The second-order valence-electron chi connectivity index (χ2n) is 10.3. The highest BCUT2D eigenvalue weighted by Gasteiger charge is 2.32. The van der Waals surface area contributed by atoms with Crippen molar-refractivity contribution in [2.24, 2.45) is 5.92 Å². The van der Waals surface area contributed by atoms with Crippen LogP contribution >= 0.6 is 0 Å². The molecule has 2 heterocycles. The van der Waals surface area contributed by atoms with Gasteiger partial charge in [-0.15, -0.1) is 0 Å². The lowest BCUT2D eigenvalue weighted by Crippen LogP contribution is -2.53. The third-order valence-corrected chi connectivity index (χ3v) is 6.00. The van der Waals surface area contributed by atoms with E-state index in [1.807, 2.05) is 52.0 Å². The Balaban J connectivity index is 1.46. The molecular formula is C25H38N4O4. The number of likely N-dealkylation sites (tertiary alicyclic amines) is 2. The van der Waals surface area contributed by atoms with Crippen LogP contribution in [0.1, 0.15) is 52.0 Å². The van der Waals surface area contributed by atoms with E-state index in [-0.39, 0.29) is 29.9 Å². The molecule has 2 saturated heterocycles. The lowest BCUT2D eigenvalue weighted by atomic mass is 9.96. The largest absolute Gasteiger partial charge is 0.444 e. The van der Waals surface area contributed by atoms with Crippen molar-refractivity contribution in [1.82, 2.24) is 15.1 Å². The van der Waals surface area contributed by atoms with E-state index in [0.29, 0.717) is 26.2 Å². The number of carbonyl (C=O) groups is 3. The Kier molecular flexibility index (Phi) is 8.35. The number of piperidine rings is 2. The van der Waals surface area contributed by atoms with Crippen molar-refractivity contribution in [2.75, 3.05) is 38.0 Å². The SMILES string of the molecule is Cc1ccc(NC(=O)CN2CCCC(NC(=O)C3CCCN(C(=O)OC(C)(C)C)C3)C2)cc1. The topological polar surface area (TPSA) is 91.0 Å². The molecule has 1 aromatic carbocycles. The highest BCUT2D eigenvalue weighted by Crippen LogP contribution is 2.20. The quantitative estimate of drug-likeness (QED) is 0.707. The van der Waals surface area contributed by atoms with E-state index in [0.717, 1.165) is 43.5 Å². The molecule has 2 aliphatic rings. The number of aryl methyl sites for hydroxylation is 1. The first-order valence-electron chi connectivity index (χ1n) is 12.0. The van der Waals surface area contributed by atoms with Gasteiger partial charge in [0.25, 0.3) is 0 Å². The second-order valence-corrected chi connectivity index (χ2v) is 10.3. The molecule has 0 bridgehead atoms. The minimum Gasteiger partial charge on any atom is -0.444 e. The van der Waals surface area contributed by atoms with Crippen LogP contribution in [0.15, 0.2) is 24.3 Å². The molecule has 0 saturated carbocycles. The Morgan fingerprint density at radius 1 is 1.03 bits per heavy atom. The van der Waals surface area contributed by atoms with Crippen LogP contribution in [-0.4, -0.2) is 72.1 Å². The molecule has 8 heteroatoms. The standard InChI is InChI=1S/C25H38N4O4/c1-18-9-11-20(12-10-18)26-22(30)17-28-13-6-8-21(16-28)27-23(31)19-7-5-14-29(15-19)24(32)33-25(2,3)4/h9-12,19,21H,5-8,13-17H2,1-4H3,(H,26,30)(H,27,31). The fourth-order valence-electron chi connectivity index (χ4n) is 4.36. The van der Waals surface area contributed by atoms with Crippen LogP contribution in [0, 0.1) is 12.8 Å². The van der Waals surface area contributed by atoms with Crippen molar-refractivity contribution < 1.29 is 19.1 Å². The van der Waals surface area contributed by atoms with Gasteiger partial charge in [-0.25, -0.2) is 4.79 Å². The van der Waals surface area contributed by atoms with Crippen LogP contribution in [0.3, 0.4) is 0 Å². The van der Waals surface area contributed by atoms with E-state index in [1.54, 1.807) is 4.90 Å². The molecule has 3 amide bonds. The number of anilines is 1. The normalized spacial score (nSPS) is 21.9. The molecule has 8 nitrogen and oxygen atoms in total. The first kappa shape index (κ1) is 25.0. The molecule has 1 aromatic rings. The Morgan fingerprint density at radius 2 is 1.73 bits per heavy atom. The number of hydrogen-bond acceptors (Lipinski definition) is 5. The smallest absolute Gasteiger partial charge is 0.410 e. The van der Waals surface area contributed by atoms with Crippen molar-refractivity contribution in [1.29, 1.82) is 0 Å². The van der Waals surface area contributed by atoms with Gasteiger partial charge in [-0.2, -0.15) is 0 Å². The number of nitrogens with one attached hydrogen (secondary N) is 2. The molecule has 2 fully saturated rings. The maximum atomic E-state index is 12.9. The van der Waals surface area contributed by atoms with E-state index in [2.05, 4.69) is 15.5 Å². The maximum absolute atomic E-state index is 12.9. The Labute approximate surface area is 197 Å². The van der Waals surface area contributed by atoms with Gasteiger partial charge in [-0.1, -0.05) is 17.7 Å². The van der Waals surface area contributed by atoms with Crippen molar-refractivity contribution in [3.8, 4) is 0 Å². The average molecular weight is 459 g/mol. The predicted octanol–water partition coefficient (Wildman–Crippen LogP) is 3.16. The average Bonchev–Trinajstić information content (AvgIpc) is 2.74. The number of benzene rings is 1. The Hall–Kier alpha value is -2.61. The number of carbonyl (C=O) groups excluding carboxylic acids is 3. The fraction of sp³-hybridized carbons (Fsp3) is 0.640. The molecule has 2 unspecified atom stereocenters. The van der Waals surface area contributed by atoms with Crippen LogP contribution in [0.4, 0.5) is 10.5 Å². The summed E-state index contributed by atoms with van der Waals surface area (Å²) in [6, 6.07) is 7.75. The Bertz CT molecular complexity index is 834. The molecular weight excluding hydrogens is 420 g/mol. The van der Waals surface area contributed by atoms with Gasteiger partial charge in [0.05, 0.1) is 12.5 Å². The summed E-state index contributed by atoms with van der Waals surface area (Å²) in [5.41, 5.74) is 1.39. The lowest BCUT2D eigenvalue weighted by molar-refractivity contribution is -0.127. The molecule has 0 radical (unpaired) electrons. The van der Waals surface area contributed by atoms with Gasteiger partial charge in [0.15, 0.2) is 0 Å². The second kappa shape index (κ2) is 11.0. The minimum absolute atomic E-state index is 0.00956. The molecule has 0 aromatic heterocycles. The highest BCUT2D eigenvalue weighted by atomic mass is 16.6. The summed E-state index contributed by atoms with van der Waals surface area (Å²) in [6.07, 6.45) is 3.01. The summed E-state index contributed by atoms with van der Waals surface area (Å²) in [7, 11) is 0. The van der Waals surface area contributed by atoms with E-state index >= 15 is 0 Å². The first-order chi connectivity index (χ1) is 15.6. The van der Waals surface area contributed by atoms with Gasteiger partial charge >= 0.3 is 6.09 Å². The predicted molar refractivity (Wildman–Crippen MR) is 128 cm³/mol. The van der Waals surface area contributed by atoms with E-state index < -0.39 is 5.60 Å². The van der Waals surface area contributed by atoms with Gasteiger partial charge in [-0.05, 0) is 72.1 Å². The fourth-order valence-corrected chi connectivity index (χ4v) is 4.36. The maximum Gasteiger partial charge on any atom is 0.410 e. The van der Waals surface area contributed by atoms with Gasteiger partial charge in [-0.3, -0.25) is 14.5 Å². The van der Waals surface area contributed by atoms with Crippen molar-refractivity contribution >= 4 is 23.6 Å². The molecule has 182 valence electrons. The number of hydrogen-bond donors (Lipinski definition) is 2. The molecule has 2 atom stereocenters. The molecule has 2 aliphatic heterocycles. The number of ether oxygens (including phenoxy) is 1. The molecule has 0 aliphatic carbocycles. The summed E-state index contributed by atoms with van der Waals surface area (Å²) < 4.78 is 5.47. The van der Waals surface area contributed by atoms with Crippen molar-refractivity contribution in [2.45, 2.75) is 65.0 Å².